The number of allylic oxidation sites excluding steroid dienone is 1. The van der Waals surface area contributed by atoms with E-state index in [0.29, 0.717) is 4.47 Å². The Kier molecular flexibility index (Phi) is 9.29. The summed E-state index contributed by atoms with van der Waals surface area (Å²) in [6.45, 7) is 7.09. The molecular weight excluding hydrogens is 386 g/mol. The minimum atomic E-state index is -0.459. The molecule has 1 atom stereocenters. The Labute approximate surface area is 151 Å². The molecule has 2 rings (SSSR count). The summed E-state index contributed by atoms with van der Waals surface area (Å²) in [7, 11) is 0. The van der Waals surface area contributed by atoms with Gasteiger partial charge in [0.1, 0.15) is 11.6 Å². The molecule has 1 aromatic carbocycles. The molecule has 1 aliphatic heterocycles. The third-order valence-electron chi connectivity index (χ3n) is 4.11. The molecule has 1 fully saturated rings. The second-order valence-electron chi connectivity index (χ2n) is 5.66. The molecule has 1 N–H and O–H groups in total. The van der Waals surface area contributed by atoms with E-state index in [9.17, 15) is 8.78 Å². The molecule has 2 nitrogen and oxygen atoms in total. The molecule has 0 spiro atoms. The first-order valence-electron chi connectivity index (χ1n) is 7.83. The minimum Gasteiger partial charge on any atom is -0.314 e. The highest BCUT2D eigenvalue weighted by molar-refractivity contribution is 9.10. The van der Waals surface area contributed by atoms with Gasteiger partial charge in [-0.15, -0.1) is 19.0 Å². The molecule has 0 saturated carbocycles. The number of hydrogen-bond donors (Lipinski definition) is 1. The lowest BCUT2D eigenvalue weighted by molar-refractivity contribution is 0.156. The predicted molar refractivity (Wildman–Crippen MR) is 97.2 cm³/mol. The van der Waals surface area contributed by atoms with Crippen molar-refractivity contribution in [1.82, 2.24) is 10.2 Å². The van der Waals surface area contributed by atoms with E-state index in [2.05, 4.69) is 32.7 Å². The molecule has 23 heavy (non-hydrogen) atoms. The summed E-state index contributed by atoms with van der Waals surface area (Å²) in [5.74, 6) is -0.918. The number of benzene rings is 1. The molecule has 1 saturated heterocycles. The summed E-state index contributed by atoms with van der Waals surface area (Å²) in [5, 5.41) is 3.29. The zero-order valence-corrected chi connectivity index (χ0v) is 15.6. The van der Waals surface area contributed by atoms with Crippen LogP contribution < -0.4 is 5.32 Å². The first kappa shape index (κ1) is 20.6. The Hall–Kier alpha value is -0.490. The lowest BCUT2D eigenvalue weighted by Crippen LogP contribution is -2.45. The number of nitrogens with one attached hydrogen (secondary N) is 1. The predicted octanol–water partition coefficient (Wildman–Crippen LogP) is 4.84. The molecular formula is C17H24BrClF2N2. The number of halogens is 4. The second kappa shape index (κ2) is 10.4. The van der Waals surface area contributed by atoms with Crippen molar-refractivity contribution in [3.05, 3.63) is 46.5 Å². The molecule has 1 aliphatic rings. The highest BCUT2D eigenvalue weighted by Crippen LogP contribution is 2.32. The van der Waals surface area contributed by atoms with E-state index in [1.54, 1.807) is 0 Å². The molecule has 1 heterocycles. The molecule has 6 heteroatoms. The maximum atomic E-state index is 14.4. The highest BCUT2D eigenvalue weighted by Gasteiger charge is 2.27. The van der Waals surface area contributed by atoms with Gasteiger partial charge in [-0.2, -0.15) is 0 Å². The van der Waals surface area contributed by atoms with E-state index in [1.165, 1.54) is 12.1 Å². The Morgan fingerprint density at radius 1 is 1.22 bits per heavy atom. The Morgan fingerprint density at radius 2 is 1.83 bits per heavy atom. The first-order valence-corrected chi connectivity index (χ1v) is 8.63. The number of unbranched alkanes of at least 4 members (excludes halogenated alkanes) is 2. The van der Waals surface area contributed by atoms with Crippen LogP contribution in [-0.2, 0) is 0 Å². The fourth-order valence-electron chi connectivity index (χ4n) is 3.00. The van der Waals surface area contributed by atoms with Gasteiger partial charge in [0, 0.05) is 42.3 Å². The number of rotatable bonds is 7. The van der Waals surface area contributed by atoms with Gasteiger partial charge in [-0.1, -0.05) is 28.4 Å². The lowest BCUT2D eigenvalue weighted by atomic mass is 9.97. The maximum Gasteiger partial charge on any atom is 0.132 e. The van der Waals surface area contributed by atoms with Crippen molar-refractivity contribution in [3.8, 4) is 0 Å². The van der Waals surface area contributed by atoms with Crippen LogP contribution >= 0.6 is 28.3 Å². The number of hydrogen-bond acceptors (Lipinski definition) is 2. The SMILES string of the molecule is C=CCCCC[C@@H](c1c(F)cc(Br)cc1F)N1CCNCC1.Cl. The van der Waals surface area contributed by atoms with Crippen molar-refractivity contribution in [2.75, 3.05) is 26.2 Å². The van der Waals surface area contributed by atoms with Crippen LogP contribution in [0.1, 0.15) is 37.3 Å². The summed E-state index contributed by atoms with van der Waals surface area (Å²) >= 11 is 3.15. The van der Waals surface area contributed by atoms with Crippen molar-refractivity contribution in [2.24, 2.45) is 0 Å². The molecule has 0 aliphatic carbocycles. The van der Waals surface area contributed by atoms with Gasteiger partial charge >= 0.3 is 0 Å². The van der Waals surface area contributed by atoms with E-state index in [0.717, 1.165) is 51.9 Å². The first-order chi connectivity index (χ1) is 10.6. The number of nitrogens with zero attached hydrogens (tertiary/aromatic N) is 1. The molecule has 130 valence electrons. The Bertz CT molecular complexity index is 484. The van der Waals surface area contributed by atoms with Crippen molar-refractivity contribution in [3.63, 3.8) is 0 Å². The Morgan fingerprint density at radius 3 is 2.39 bits per heavy atom. The lowest BCUT2D eigenvalue weighted by Gasteiger charge is -2.35. The van der Waals surface area contributed by atoms with Gasteiger partial charge in [0.2, 0.25) is 0 Å². The van der Waals surface area contributed by atoms with Crippen LogP contribution in [0.3, 0.4) is 0 Å². The van der Waals surface area contributed by atoms with Gasteiger partial charge in [-0.05, 0) is 31.4 Å². The van der Waals surface area contributed by atoms with Crippen LogP contribution in [0.15, 0.2) is 29.3 Å². The van der Waals surface area contributed by atoms with Crippen molar-refractivity contribution in [1.29, 1.82) is 0 Å². The van der Waals surface area contributed by atoms with E-state index in [1.807, 2.05) is 6.08 Å². The van der Waals surface area contributed by atoms with E-state index < -0.39 is 11.6 Å². The minimum absolute atomic E-state index is 0. The monoisotopic (exact) mass is 408 g/mol. The summed E-state index contributed by atoms with van der Waals surface area (Å²) in [4.78, 5) is 2.19. The smallest absolute Gasteiger partial charge is 0.132 e. The molecule has 0 unspecified atom stereocenters. The second-order valence-corrected chi connectivity index (χ2v) is 6.57. The third kappa shape index (κ3) is 5.82. The average Bonchev–Trinajstić information content (AvgIpc) is 2.49. The standard InChI is InChI=1S/C17H23BrF2N2.ClH/c1-2-3-4-5-6-16(22-9-7-21-8-10-22)17-14(19)11-13(18)12-15(17)20;/h2,11-12,16,21H,1,3-10H2;1H/t16-;/m0./s1. The topological polar surface area (TPSA) is 15.3 Å². The van der Waals surface area contributed by atoms with Gasteiger partial charge in [0.05, 0.1) is 0 Å². The zero-order chi connectivity index (χ0) is 15.9. The third-order valence-corrected chi connectivity index (χ3v) is 4.56. The molecule has 0 radical (unpaired) electrons. The summed E-state index contributed by atoms with van der Waals surface area (Å²) in [6.07, 6.45) is 5.55. The zero-order valence-electron chi connectivity index (χ0n) is 13.2. The van der Waals surface area contributed by atoms with E-state index >= 15 is 0 Å². The molecule has 0 amide bonds. The Balaban J connectivity index is 0.00000264. The highest BCUT2D eigenvalue weighted by atomic mass is 79.9. The van der Waals surface area contributed by atoms with Crippen molar-refractivity contribution >= 4 is 28.3 Å². The fraction of sp³-hybridized carbons (Fsp3) is 0.529. The molecule has 0 bridgehead atoms. The van der Waals surface area contributed by atoms with Gasteiger partial charge < -0.3 is 5.32 Å². The summed E-state index contributed by atoms with van der Waals surface area (Å²) < 4.78 is 29.2. The average molecular weight is 410 g/mol. The van der Waals surface area contributed by atoms with Crippen LogP contribution in [0.5, 0.6) is 0 Å². The van der Waals surface area contributed by atoms with Crippen LogP contribution in [0.2, 0.25) is 0 Å². The van der Waals surface area contributed by atoms with Crippen LogP contribution in [0.25, 0.3) is 0 Å². The van der Waals surface area contributed by atoms with Crippen LogP contribution in [-0.4, -0.2) is 31.1 Å². The largest absolute Gasteiger partial charge is 0.314 e. The molecule has 1 aromatic rings. The summed E-state index contributed by atoms with van der Waals surface area (Å²) in [5.41, 5.74) is 0.212. The normalized spacial score (nSPS) is 16.7. The summed E-state index contributed by atoms with van der Waals surface area (Å²) in [6, 6.07) is 2.52. The van der Waals surface area contributed by atoms with Crippen molar-refractivity contribution in [2.45, 2.75) is 31.7 Å². The van der Waals surface area contributed by atoms with Gasteiger partial charge in [-0.3, -0.25) is 4.90 Å². The quantitative estimate of drug-likeness (QED) is 0.512. The maximum absolute atomic E-state index is 14.4. The van der Waals surface area contributed by atoms with E-state index in [4.69, 9.17) is 0 Å². The van der Waals surface area contributed by atoms with Gasteiger partial charge in [-0.25, -0.2) is 8.78 Å². The molecule has 0 aromatic heterocycles. The fourth-order valence-corrected chi connectivity index (χ4v) is 3.40. The van der Waals surface area contributed by atoms with Gasteiger partial charge in [0.25, 0.3) is 0 Å². The van der Waals surface area contributed by atoms with Gasteiger partial charge in [0.15, 0.2) is 0 Å². The van der Waals surface area contributed by atoms with Crippen LogP contribution in [0, 0.1) is 11.6 Å². The van der Waals surface area contributed by atoms with Crippen LogP contribution in [0.4, 0.5) is 8.78 Å². The van der Waals surface area contributed by atoms with E-state index in [-0.39, 0.29) is 24.0 Å². The van der Waals surface area contributed by atoms with Crippen molar-refractivity contribution < 1.29 is 8.78 Å². The number of piperazine rings is 1.